The molecule has 2 aliphatic rings. The van der Waals surface area contributed by atoms with Crippen LogP contribution in [-0.4, -0.2) is 92.6 Å². The molecule has 1 fully saturated rings. The molecule has 1 saturated heterocycles. The van der Waals surface area contributed by atoms with Gasteiger partial charge in [-0.15, -0.1) is 0 Å². The van der Waals surface area contributed by atoms with Crippen LogP contribution in [0.1, 0.15) is 24.0 Å². The minimum Gasteiger partial charge on any atom is -0.334 e. The minimum absolute atomic E-state index is 0.159. The Balaban J connectivity index is 1.52. The summed E-state index contributed by atoms with van der Waals surface area (Å²) in [5.74, 6) is 0. The maximum atomic E-state index is 13.5. The van der Waals surface area contributed by atoms with Gasteiger partial charge >= 0.3 is 22.2 Å². The topological polar surface area (TPSA) is 138 Å². The lowest BCUT2D eigenvalue weighted by Crippen LogP contribution is -2.48. The molecule has 3 amide bonds. The second-order valence-corrected chi connectivity index (χ2v) is 12.1. The van der Waals surface area contributed by atoms with Crippen molar-refractivity contribution in [3.8, 4) is 0 Å². The molecule has 212 valence electrons. The average Bonchev–Trinajstić information content (AvgIpc) is 2.85. The number of hydrogen-bond donors (Lipinski definition) is 2. The molecule has 1 unspecified atom stereocenters. The Labute approximate surface area is 238 Å². The first-order chi connectivity index (χ1) is 18.5. The predicted molar refractivity (Wildman–Crippen MR) is 149 cm³/mol. The summed E-state index contributed by atoms with van der Waals surface area (Å²) >= 11 is 12.0. The third kappa shape index (κ3) is 7.95. The monoisotopic (exact) mass is 598 g/mol. The highest BCUT2D eigenvalue weighted by Crippen LogP contribution is 2.29. The van der Waals surface area contributed by atoms with E-state index >= 15 is 0 Å². The van der Waals surface area contributed by atoms with Gasteiger partial charge in [-0.3, -0.25) is 0 Å². The second kappa shape index (κ2) is 12.7. The zero-order chi connectivity index (χ0) is 28.2. The SMILES string of the molecule is CN1CCN(CCCN(C(=O)Nc2cc(Cl)nc(Cl)c2)C2CCc3ccc(S(=O)(=O)OC(N)=O)cc3C2)CC1. The van der Waals surface area contributed by atoms with Gasteiger partial charge in [0, 0.05) is 44.5 Å². The Morgan fingerprint density at radius 3 is 2.49 bits per heavy atom. The molecular weight excluding hydrogens is 567 g/mol. The van der Waals surface area contributed by atoms with Crippen LogP contribution >= 0.6 is 23.2 Å². The molecule has 1 aliphatic heterocycles. The van der Waals surface area contributed by atoms with Crippen molar-refractivity contribution in [3.63, 3.8) is 0 Å². The van der Waals surface area contributed by atoms with E-state index < -0.39 is 16.2 Å². The van der Waals surface area contributed by atoms with Crippen LogP contribution < -0.4 is 11.1 Å². The van der Waals surface area contributed by atoms with Crippen molar-refractivity contribution in [1.82, 2.24) is 19.7 Å². The summed E-state index contributed by atoms with van der Waals surface area (Å²) in [7, 11) is -2.22. The van der Waals surface area contributed by atoms with E-state index in [9.17, 15) is 18.0 Å². The van der Waals surface area contributed by atoms with Gasteiger partial charge in [0.2, 0.25) is 0 Å². The minimum atomic E-state index is -4.33. The van der Waals surface area contributed by atoms with Crippen LogP contribution in [0.3, 0.4) is 0 Å². The van der Waals surface area contributed by atoms with Crippen LogP contribution in [0.25, 0.3) is 0 Å². The van der Waals surface area contributed by atoms with Crippen molar-refractivity contribution >= 4 is 51.1 Å². The zero-order valence-corrected chi connectivity index (χ0v) is 23.9. The number of hydrogen-bond acceptors (Lipinski definition) is 8. The number of piperazine rings is 1. The number of primary amides is 1. The predicted octanol–water partition coefficient (Wildman–Crippen LogP) is 3.20. The average molecular weight is 600 g/mol. The van der Waals surface area contributed by atoms with Gasteiger partial charge < -0.3 is 29.9 Å². The number of aromatic nitrogens is 1. The summed E-state index contributed by atoms with van der Waals surface area (Å²) in [5, 5.41) is 3.22. The van der Waals surface area contributed by atoms with Crippen molar-refractivity contribution in [3.05, 3.63) is 51.8 Å². The fourth-order valence-electron chi connectivity index (χ4n) is 5.01. The van der Waals surface area contributed by atoms with Crippen molar-refractivity contribution in [1.29, 1.82) is 0 Å². The summed E-state index contributed by atoms with van der Waals surface area (Å²) in [5.41, 5.74) is 7.10. The van der Waals surface area contributed by atoms with Gasteiger partial charge in [0.05, 0.1) is 0 Å². The van der Waals surface area contributed by atoms with E-state index in [-0.39, 0.29) is 27.3 Å². The number of rotatable bonds is 8. The molecule has 0 bridgehead atoms. The first-order valence-electron chi connectivity index (χ1n) is 12.7. The number of carbonyl (C=O) groups is 2. The van der Waals surface area contributed by atoms with Crippen LogP contribution in [0.4, 0.5) is 15.3 Å². The molecule has 11 nitrogen and oxygen atoms in total. The molecule has 0 spiro atoms. The maximum absolute atomic E-state index is 13.5. The lowest BCUT2D eigenvalue weighted by atomic mass is 9.87. The van der Waals surface area contributed by atoms with Gasteiger partial charge in [0.25, 0.3) is 0 Å². The number of likely N-dealkylation sites (N-methyl/N-ethyl adjacent to an activating group) is 1. The van der Waals surface area contributed by atoms with E-state index in [1.54, 1.807) is 11.0 Å². The zero-order valence-electron chi connectivity index (χ0n) is 21.6. The van der Waals surface area contributed by atoms with Crippen LogP contribution in [0.2, 0.25) is 10.3 Å². The summed E-state index contributed by atoms with van der Waals surface area (Å²) in [6.45, 7) is 5.36. The highest BCUT2D eigenvalue weighted by atomic mass is 35.5. The number of nitrogens with one attached hydrogen (secondary N) is 1. The molecule has 4 rings (SSSR count). The molecular formula is C25H32Cl2N6O5S. The number of anilines is 1. The number of pyridine rings is 1. The highest BCUT2D eigenvalue weighted by molar-refractivity contribution is 7.87. The lowest BCUT2D eigenvalue weighted by Gasteiger charge is -2.37. The van der Waals surface area contributed by atoms with Gasteiger partial charge in [-0.05, 0) is 74.7 Å². The summed E-state index contributed by atoms with van der Waals surface area (Å²) in [6, 6.07) is 7.16. The molecule has 2 heterocycles. The molecule has 14 heteroatoms. The fourth-order valence-corrected chi connectivity index (χ4v) is 6.30. The molecule has 1 aromatic heterocycles. The number of carbonyl (C=O) groups excluding carboxylic acids is 2. The summed E-state index contributed by atoms with van der Waals surface area (Å²) in [4.78, 5) is 34.8. The Bertz CT molecular complexity index is 1300. The number of urea groups is 1. The number of benzene rings is 1. The Morgan fingerprint density at radius 2 is 1.82 bits per heavy atom. The van der Waals surface area contributed by atoms with E-state index in [0.717, 1.165) is 50.3 Å². The van der Waals surface area contributed by atoms with Crippen LogP contribution in [0, 0.1) is 0 Å². The summed E-state index contributed by atoms with van der Waals surface area (Å²) in [6.07, 6.45) is 1.18. The molecule has 39 heavy (non-hydrogen) atoms. The van der Waals surface area contributed by atoms with Crippen LogP contribution in [0.15, 0.2) is 35.2 Å². The second-order valence-electron chi connectivity index (χ2n) is 9.81. The van der Waals surface area contributed by atoms with Gasteiger partial charge in [-0.25, -0.2) is 14.6 Å². The van der Waals surface area contributed by atoms with Gasteiger partial charge in [-0.1, -0.05) is 29.3 Å². The molecule has 1 atom stereocenters. The van der Waals surface area contributed by atoms with Crippen molar-refractivity contribution in [2.24, 2.45) is 5.73 Å². The molecule has 1 aliphatic carbocycles. The van der Waals surface area contributed by atoms with Gasteiger partial charge in [-0.2, -0.15) is 8.42 Å². The highest BCUT2D eigenvalue weighted by Gasteiger charge is 2.30. The smallest absolute Gasteiger partial charge is 0.334 e. The Hall–Kier alpha value is -2.64. The number of amides is 3. The van der Waals surface area contributed by atoms with Gasteiger partial charge in [0.1, 0.15) is 15.2 Å². The van der Waals surface area contributed by atoms with E-state index in [1.165, 1.54) is 24.3 Å². The van der Waals surface area contributed by atoms with Gasteiger partial charge in [0.15, 0.2) is 0 Å². The number of fused-ring (bicyclic) bond motifs is 1. The molecule has 1 aromatic carbocycles. The normalized spacial score (nSPS) is 18.3. The first kappa shape index (κ1) is 29.3. The molecule has 2 aromatic rings. The lowest BCUT2D eigenvalue weighted by molar-refractivity contribution is 0.140. The Morgan fingerprint density at radius 1 is 1.13 bits per heavy atom. The molecule has 0 saturated carbocycles. The standard InChI is InChI=1S/C25H32Cl2N6O5S/c1-31-9-11-32(12-10-31)7-2-8-33(25(35)29-19-15-22(26)30-23(27)16-19)20-5-3-17-4-6-21(14-18(17)13-20)39(36,37)38-24(28)34/h4,6,14-16,20H,2-3,5,7-13H2,1H3,(H2,28,34)(H,29,30,35). The van der Waals surface area contributed by atoms with Crippen LogP contribution in [-0.2, 0) is 27.1 Å². The van der Waals surface area contributed by atoms with Crippen molar-refractivity contribution in [2.75, 3.05) is 51.6 Å². The molecule has 3 N–H and O–H groups in total. The number of aryl methyl sites for hydroxylation is 1. The Kier molecular flexibility index (Phi) is 9.55. The number of halogens is 2. The largest absolute Gasteiger partial charge is 0.420 e. The maximum Gasteiger partial charge on any atom is 0.420 e. The third-order valence-corrected chi connectivity index (χ3v) is 8.65. The molecule has 0 radical (unpaired) electrons. The van der Waals surface area contributed by atoms with E-state index in [0.29, 0.717) is 31.5 Å². The quantitative estimate of drug-likeness (QED) is 0.349. The van der Waals surface area contributed by atoms with E-state index in [4.69, 9.17) is 28.9 Å². The first-order valence-corrected chi connectivity index (χ1v) is 14.8. The number of nitrogens with zero attached hydrogens (tertiary/aromatic N) is 4. The fraction of sp³-hybridized carbons (Fsp3) is 0.480. The summed E-state index contributed by atoms with van der Waals surface area (Å²) < 4.78 is 29.1. The van der Waals surface area contributed by atoms with E-state index in [1.807, 2.05) is 0 Å². The third-order valence-electron chi connectivity index (χ3n) is 7.05. The number of nitrogens with two attached hydrogens (primary N) is 1. The van der Waals surface area contributed by atoms with Crippen molar-refractivity contribution < 1.29 is 22.2 Å². The van der Waals surface area contributed by atoms with E-state index in [2.05, 4.69) is 31.3 Å². The van der Waals surface area contributed by atoms with Crippen LogP contribution in [0.5, 0.6) is 0 Å². The van der Waals surface area contributed by atoms with Crippen molar-refractivity contribution in [2.45, 2.75) is 36.6 Å².